The molecule has 1 aliphatic heterocycles. The fourth-order valence-electron chi connectivity index (χ4n) is 3.13. The van der Waals surface area contributed by atoms with E-state index in [-0.39, 0.29) is 17.4 Å². The number of sulfone groups is 1. The minimum Gasteiger partial charge on any atom is -0.492 e. The summed E-state index contributed by atoms with van der Waals surface area (Å²) in [6.45, 7) is 0.788. The standard InChI is InChI=1S/C16H21NO4S/c18-16(14-6-9-22(19,20)11-14)17-7-8-21-15-5-4-12-2-1-3-13(12)10-15/h4-5,10,14H,1-3,6-9,11H2,(H,17,18)/t14-/m1/s1. The summed E-state index contributed by atoms with van der Waals surface area (Å²) in [5, 5.41) is 2.76. The lowest BCUT2D eigenvalue weighted by molar-refractivity contribution is -0.124. The molecular weight excluding hydrogens is 302 g/mol. The van der Waals surface area contributed by atoms with Crippen LogP contribution in [0.3, 0.4) is 0 Å². The number of aryl methyl sites for hydroxylation is 2. The molecule has 5 nitrogen and oxygen atoms in total. The van der Waals surface area contributed by atoms with Crippen molar-refractivity contribution in [3.8, 4) is 5.75 Å². The molecule has 1 N–H and O–H groups in total. The van der Waals surface area contributed by atoms with Gasteiger partial charge >= 0.3 is 0 Å². The van der Waals surface area contributed by atoms with Gasteiger partial charge in [-0.2, -0.15) is 0 Å². The van der Waals surface area contributed by atoms with E-state index in [0.29, 0.717) is 19.6 Å². The SMILES string of the molecule is O=C(NCCOc1ccc2c(c1)CCC2)[C@@H]1CCS(=O)(=O)C1. The van der Waals surface area contributed by atoms with E-state index in [1.807, 2.05) is 6.07 Å². The van der Waals surface area contributed by atoms with E-state index in [1.54, 1.807) is 0 Å². The molecule has 0 unspecified atom stereocenters. The fraction of sp³-hybridized carbons (Fsp3) is 0.562. The molecule has 2 aliphatic rings. The summed E-state index contributed by atoms with van der Waals surface area (Å²) in [4.78, 5) is 11.9. The molecule has 1 heterocycles. The van der Waals surface area contributed by atoms with Crippen LogP contribution in [0.25, 0.3) is 0 Å². The number of nitrogens with one attached hydrogen (secondary N) is 1. The molecule has 1 saturated heterocycles. The molecule has 1 atom stereocenters. The average Bonchev–Trinajstić information content (AvgIpc) is 3.08. The van der Waals surface area contributed by atoms with Crippen molar-refractivity contribution in [3.05, 3.63) is 29.3 Å². The number of ether oxygens (including phenoxy) is 1. The summed E-state index contributed by atoms with van der Waals surface area (Å²) in [7, 11) is -3.01. The predicted molar refractivity (Wildman–Crippen MR) is 83.7 cm³/mol. The lowest BCUT2D eigenvalue weighted by atomic mass is 10.1. The van der Waals surface area contributed by atoms with Gasteiger partial charge in [-0.15, -0.1) is 0 Å². The van der Waals surface area contributed by atoms with Gasteiger partial charge in [0.2, 0.25) is 5.91 Å². The highest BCUT2D eigenvalue weighted by atomic mass is 32.2. The summed E-state index contributed by atoms with van der Waals surface area (Å²) in [6.07, 6.45) is 3.90. The first-order valence-electron chi connectivity index (χ1n) is 7.76. The predicted octanol–water partition coefficient (Wildman–Crippen LogP) is 1.10. The zero-order valence-electron chi connectivity index (χ0n) is 12.5. The lowest BCUT2D eigenvalue weighted by Gasteiger charge is -2.11. The van der Waals surface area contributed by atoms with E-state index in [1.165, 1.54) is 17.5 Å². The molecule has 22 heavy (non-hydrogen) atoms. The average molecular weight is 323 g/mol. The lowest BCUT2D eigenvalue weighted by Crippen LogP contribution is -2.34. The molecule has 0 spiro atoms. The Morgan fingerprint density at radius 1 is 1.27 bits per heavy atom. The molecule has 0 bridgehead atoms. The number of hydrogen-bond acceptors (Lipinski definition) is 4. The van der Waals surface area contributed by atoms with Crippen LogP contribution in [0.15, 0.2) is 18.2 Å². The van der Waals surface area contributed by atoms with Gasteiger partial charge in [0.25, 0.3) is 0 Å². The highest BCUT2D eigenvalue weighted by Crippen LogP contribution is 2.25. The first-order chi connectivity index (χ1) is 10.5. The van der Waals surface area contributed by atoms with E-state index in [9.17, 15) is 13.2 Å². The molecule has 120 valence electrons. The first-order valence-corrected chi connectivity index (χ1v) is 9.58. The van der Waals surface area contributed by atoms with Gasteiger partial charge in [0, 0.05) is 0 Å². The molecule has 1 aliphatic carbocycles. The van der Waals surface area contributed by atoms with Crippen molar-refractivity contribution in [2.24, 2.45) is 5.92 Å². The molecule has 0 saturated carbocycles. The number of benzene rings is 1. The highest BCUT2D eigenvalue weighted by Gasteiger charge is 2.32. The van der Waals surface area contributed by atoms with Crippen molar-refractivity contribution >= 4 is 15.7 Å². The van der Waals surface area contributed by atoms with Crippen LogP contribution in [0, 0.1) is 5.92 Å². The number of fused-ring (bicyclic) bond motifs is 1. The highest BCUT2D eigenvalue weighted by molar-refractivity contribution is 7.91. The third-order valence-electron chi connectivity index (χ3n) is 4.34. The third-order valence-corrected chi connectivity index (χ3v) is 6.11. The molecule has 1 amide bonds. The van der Waals surface area contributed by atoms with E-state index in [2.05, 4.69) is 17.4 Å². The van der Waals surface area contributed by atoms with E-state index in [0.717, 1.165) is 18.6 Å². The number of carbonyl (C=O) groups excluding carboxylic acids is 1. The number of amides is 1. The Morgan fingerprint density at radius 2 is 2.09 bits per heavy atom. The Hall–Kier alpha value is -1.56. The maximum Gasteiger partial charge on any atom is 0.224 e. The van der Waals surface area contributed by atoms with Crippen LogP contribution in [0.4, 0.5) is 0 Å². The molecule has 1 fully saturated rings. The Balaban J connectivity index is 1.41. The second-order valence-corrected chi connectivity index (χ2v) is 8.25. The molecule has 1 aromatic carbocycles. The van der Waals surface area contributed by atoms with Crippen molar-refractivity contribution in [2.75, 3.05) is 24.7 Å². The second kappa shape index (κ2) is 6.28. The summed E-state index contributed by atoms with van der Waals surface area (Å²) in [6, 6.07) is 6.16. The van der Waals surface area contributed by atoms with Gasteiger partial charge in [0.15, 0.2) is 9.84 Å². The smallest absolute Gasteiger partial charge is 0.224 e. The van der Waals surface area contributed by atoms with Crippen LogP contribution < -0.4 is 10.1 Å². The number of carbonyl (C=O) groups is 1. The molecular formula is C16H21NO4S. The van der Waals surface area contributed by atoms with E-state index >= 15 is 0 Å². The largest absolute Gasteiger partial charge is 0.492 e. The molecule has 1 aromatic rings. The molecule has 6 heteroatoms. The zero-order valence-corrected chi connectivity index (χ0v) is 13.3. The van der Waals surface area contributed by atoms with Gasteiger partial charge in [0.1, 0.15) is 12.4 Å². The first kappa shape index (κ1) is 15.3. The Kier molecular flexibility index (Phi) is 4.38. The minimum atomic E-state index is -3.01. The van der Waals surface area contributed by atoms with Crippen molar-refractivity contribution < 1.29 is 17.9 Å². The Bertz CT molecular complexity index is 669. The van der Waals surface area contributed by atoms with Crippen LogP contribution in [0.2, 0.25) is 0 Å². The van der Waals surface area contributed by atoms with Crippen LogP contribution in [-0.4, -0.2) is 39.0 Å². The van der Waals surface area contributed by atoms with Crippen molar-refractivity contribution in [1.29, 1.82) is 0 Å². The Labute approximate surface area is 131 Å². The van der Waals surface area contributed by atoms with Gasteiger partial charge in [-0.1, -0.05) is 6.07 Å². The van der Waals surface area contributed by atoms with Gasteiger partial charge in [-0.25, -0.2) is 8.42 Å². The third kappa shape index (κ3) is 3.61. The zero-order chi connectivity index (χ0) is 15.6. The van der Waals surface area contributed by atoms with Crippen LogP contribution in [0.5, 0.6) is 5.75 Å². The summed E-state index contributed by atoms with van der Waals surface area (Å²) >= 11 is 0. The van der Waals surface area contributed by atoms with Gasteiger partial charge in [-0.3, -0.25) is 4.79 Å². The quantitative estimate of drug-likeness (QED) is 0.824. The summed E-state index contributed by atoms with van der Waals surface area (Å²) in [5.41, 5.74) is 2.76. The molecule has 3 rings (SSSR count). The van der Waals surface area contributed by atoms with Gasteiger partial charge < -0.3 is 10.1 Å². The van der Waals surface area contributed by atoms with Crippen molar-refractivity contribution in [3.63, 3.8) is 0 Å². The van der Waals surface area contributed by atoms with E-state index in [4.69, 9.17) is 4.74 Å². The number of hydrogen-bond donors (Lipinski definition) is 1. The van der Waals surface area contributed by atoms with Crippen LogP contribution >= 0.6 is 0 Å². The molecule has 0 aromatic heterocycles. The van der Waals surface area contributed by atoms with Gasteiger partial charge in [0.05, 0.1) is 24.0 Å². The normalized spacial score (nSPS) is 22.3. The van der Waals surface area contributed by atoms with Crippen LogP contribution in [0.1, 0.15) is 24.0 Å². The van der Waals surface area contributed by atoms with E-state index < -0.39 is 15.8 Å². The Morgan fingerprint density at radius 3 is 2.86 bits per heavy atom. The monoisotopic (exact) mass is 323 g/mol. The van der Waals surface area contributed by atoms with Crippen molar-refractivity contribution in [2.45, 2.75) is 25.7 Å². The maximum atomic E-state index is 11.9. The maximum absolute atomic E-state index is 11.9. The number of rotatable bonds is 5. The topological polar surface area (TPSA) is 72.5 Å². The van der Waals surface area contributed by atoms with Crippen molar-refractivity contribution in [1.82, 2.24) is 5.32 Å². The summed E-state index contributed by atoms with van der Waals surface area (Å²) < 4.78 is 28.3. The van der Waals surface area contributed by atoms with Gasteiger partial charge in [-0.05, 0) is 48.9 Å². The van der Waals surface area contributed by atoms with Crippen LogP contribution in [-0.2, 0) is 27.5 Å². The fourth-order valence-corrected chi connectivity index (χ4v) is 4.87. The second-order valence-electron chi connectivity index (χ2n) is 6.02. The summed E-state index contributed by atoms with van der Waals surface area (Å²) in [5.74, 6) is 0.350. The minimum absolute atomic E-state index is 0.0233. The molecule has 0 radical (unpaired) electrons.